The first-order valence-electron chi connectivity index (χ1n) is 11.2. The minimum Gasteiger partial charge on any atom is -0.300 e. The summed E-state index contributed by atoms with van der Waals surface area (Å²) in [6.07, 6.45) is 15.9. The van der Waals surface area contributed by atoms with Gasteiger partial charge in [-0.1, -0.05) is 101 Å². The van der Waals surface area contributed by atoms with E-state index >= 15 is 0 Å². The van der Waals surface area contributed by atoms with Gasteiger partial charge in [0.05, 0.1) is 0 Å². The zero-order chi connectivity index (χ0) is 19.7. The van der Waals surface area contributed by atoms with Crippen LogP contribution in [-0.2, 0) is 16.0 Å². The Kier molecular flexibility index (Phi) is 13.6. The monoisotopic (exact) mass is 372 g/mol. The number of unbranched alkanes of at least 4 members (excludes halogenated alkanes) is 10. The highest BCUT2D eigenvalue weighted by atomic mass is 16.1. The average Bonchev–Trinajstić information content (AvgIpc) is 2.66. The normalized spacial score (nSPS) is 12.1. The van der Waals surface area contributed by atoms with Crippen LogP contribution in [-0.4, -0.2) is 11.6 Å². The molecule has 0 bridgehead atoms. The van der Waals surface area contributed by atoms with E-state index in [9.17, 15) is 9.59 Å². The van der Waals surface area contributed by atoms with Crippen molar-refractivity contribution in [1.29, 1.82) is 0 Å². The van der Waals surface area contributed by atoms with Crippen molar-refractivity contribution in [2.75, 3.05) is 0 Å². The van der Waals surface area contributed by atoms with Gasteiger partial charge in [-0.05, 0) is 25.3 Å². The standard InChI is InChI=1S/C25H40O2/c1-3-4-5-6-7-8-9-10-11-12-16-19-25(27)21-24(22(2)26)20-23-17-14-13-15-18-23/h13-15,17-18,24H,3-12,16,19-21H2,1-2H3. The first-order valence-corrected chi connectivity index (χ1v) is 11.2. The summed E-state index contributed by atoms with van der Waals surface area (Å²) in [6, 6.07) is 10.0. The fraction of sp³-hybridized carbons (Fsp3) is 0.680. The smallest absolute Gasteiger partial charge is 0.133 e. The average molecular weight is 373 g/mol. The van der Waals surface area contributed by atoms with Crippen molar-refractivity contribution in [1.82, 2.24) is 0 Å². The summed E-state index contributed by atoms with van der Waals surface area (Å²) < 4.78 is 0. The molecule has 1 rings (SSSR count). The number of ketones is 2. The van der Waals surface area contributed by atoms with E-state index in [0.717, 1.165) is 18.4 Å². The molecule has 2 nitrogen and oxygen atoms in total. The number of hydrogen-bond donors (Lipinski definition) is 0. The molecule has 152 valence electrons. The lowest BCUT2D eigenvalue weighted by Crippen LogP contribution is -2.18. The highest BCUT2D eigenvalue weighted by Crippen LogP contribution is 2.17. The molecule has 0 spiro atoms. The lowest BCUT2D eigenvalue weighted by Gasteiger charge is -2.13. The predicted molar refractivity (Wildman–Crippen MR) is 115 cm³/mol. The van der Waals surface area contributed by atoms with Crippen LogP contribution in [0.3, 0.4) is 0 Å². The van der Waals surface area contributed by atoms with E-state index in [0.29, 0.717) is 19.3 Å². The van der Waals surface area contributed by atoms with Gasteiger partial charge in [-0.15, -0.1) is 0 Å². The van der Waals surface area contributed by atoms with E-state index in [2.05, 4.69) is 6.92 Å². The van der Waals surface area contributed by atoms with E-state index in [1.165, 1.54) is 57.8 Å². The lowest BCUT2D eigenvalue weighted by molar-refractivity contribution is -0.126. The quantitative estimate of drug-likeness (QED) is 0.273. The Morgan fingerprint density at radius 2 is 1.30 bits per heavy atom. The van der Waals surface area contributed by atoms with Crippen LogP contribution in [0.4, 0.5) is 0 Å². The molecule has 1 aromatic rings. The first-order chi connectivity index (χ1) is 13.1. The van der Waals surface area contributed by atoms with E-state index in [1.807, 2.05) is 30.3 Å². The number of carbonyl (C=O) groups excluding carboxylic acids is 2. The first kappa shape index (κ1) is 23.6. The van der Waals surface area contributed by atoms with Crippen molar-refractivity contribution in [2.45, 2.75) is 104 Å². The number of Topliss-reactive ketones (excluding diaryl/α,β-unsaturated/α-hetero) is 2. The summed E-state index contributed by atoms with van der Waals surface area (Å²) in [7, 11) is 0. The molecule has 0 saturated carbocycles. The highest BCUT2D eigenvalue weighted by Gasteiger charge is 2.18. The number of carbonyl (C=O) groups is 2. The Morgan fingerprint density at radius 3 is 1.81 bits per heavy atom. The van der Waals surface area contributed by atoms with Crippen LogP contribution < -0.4 is 0 Å². The van der Waals surface area contributed by atoms with Crippen molar-refractivity contribution in [3.63, 3.8) is 0 Å². The van der Waals surface area contributed by atoms with Crippen LogP contribution >= 0.6 is 0 Å². The summed E-state index contributed by atoms with van der Waals surface area (Å²) in [4.78, 5) is 24.1. The second-order valence-electron chi connectivity index (χ2n) is 8.03. The topological polar surface area (TPSA) is 34.1 Å². The molecule has 0 N–H and O–H groups in total. The third-order valence-corrected chi connectivity index (χ3v) is 5.43. The molecule has 27 heavy (non-hydrogen) atoms. The minimum atomic E-state index is -0.160. The second-order valence-corrected chi connectivity index (χ2v) is 8.03. The van der Waals surface area contributed by atoms with Crippen molar-refractivity contribution < 1.29 is 9.59 Å². The summed E-state index contributed by atoms with van der Waals surface area (Å²) in [5.41, 5.74) is 1.14. The molecule has 0 aliphatic carbocycles. The molecular formula is C25H40O2. The highest BCUT2D eigenvalue weighted by molar-refractivity contribution is 5.86. The van der Waals surface area contributed by atoms with E-state index in [4.69, 9.17) is 0 Å². The SMILES string of the molecule is CCCCCCCCCCCCCC(=O)CC(Cc1ccccc1)C(C)=O. The minimum absolute atomic E-state index is 0.131. The molecule has 0 aromatic heterocycles. The number of hydrogen-bond acceptors (Lipinski definition) is 2. The van der Waals surface area contributed by atoms with Crippen LogP contribution in [0.15, 0.2) is 30.3 Å². The van der Waals surface area contributed by atoms with E-state index < -0.39 is 0 Å². The van der Waals surface area contributed by atoms with Gasteiger partial charge in [-0.25, -0.2) is 0 Å². The van der Waals surface area contributed by atoms with Crippen LogP contribution in [0, 0.1) is 5.92 Å². The third kappa shape index (κ3) is 12.5. The van der Waals surface area contributed by atoms with Crippen molar-refractivity contribution in [2.24, 2.45) is 5.92 Å². The maximum absolute atomic E-state index is 12.3. The Bertz CT molecular complexity index is 506. The molecule has 1 aromatic carbocycles. The largest absolute Gasteiger partial charge is 0.300 e. The Hall–Kier alpha value is -1.44. The van der Waals surface area contributed by atoms with Gasteiger partial charge in [-0.2, -0.15) is 0 Å². The predicted octanol–water partition coefficient (Wildman–Crippen LogP) is 7.09. The lowest BCUT2D eigenvalue weighted by atomic mass is 9.90. The molecular weight excluding hydrogens is 332 g/mol. The van der Waals surface area contributed by atoms with E-state index in [1.54, 1.807) is 6.92 Å². The van der Waals surface area contributed by atoms with Gasteiger partial charge in [0, 0.05) is 18.8 Å². The van der Waals surface area contributed by atoms with Gasteiger partial charge in [0.25, 0.3) is 0 Å². The van der Waals surface area contributed by atoms with Gasteiger partial charge in [0.1, 0.15) is 11.6 Å². The molecule has 1 unspecified atom stereocenters. The maximum Gasteiger partial charge on any atom is 0.133 e. The zero-order valence-electron chi connectivity index (χ0n) is 17.7. The maximum atomic E-state index is 12.3. The molecule has 0 aliphatic heterocycles. The number of rotatable bonds is 17. The van der Waals surface area contributed by atoms with Crippen LogP contribution in [0.25, 0.3) is 0 Å². The fourth-order valence-electron chi connectivity index (χ4n) is 3.62. The Labute approximate surface area is 167 Å². The van der Waals surface area contributed by atoms with Crippen LogP contribution in [0.5, 0.6) is 0 Å². The Morgan fingerprint density at radius 1 is 0.778 bits per heavy atom. The van der Waals surface area contributed by atoms with Crippen molar-refractivity contribution >= 4 is 11.6 Å². The van der Waals surface area contributed by atoms with Crippen LogP contribution in [0.2, 0.25) is 0 Å². The molecule has 0 amide bonds. The summed E-state index contributed by atoms with van der Waals surface area (Å²) in [5, 5.41) is 0. The van der Waals surface area contributed by atoms with Gasteiger partial charge >= 0.3 is 0 Å². The fourth-order valence-corrected chi connectivity index (χ4v) is 3.62. The van der Waals surface area contributed by atoms with Crippen LogP contribution in [0.1, 0.15) is 103 Å². The molecule has 0 aliphatic rings. The third-order valence-electron chi connectivity index (χ3n) is 5.43. The Balaban J connectivity index is 2.07. The molecule has 0 heterocycles. The molecule has 1 atom stereocenters. The summed E-state index contributed by atoms with van der Waals surface area (Å²) >= 11 is 0. The van der Waals surface area contributed by atoms with E-state index in [-0.39, 0.29) is 17.5 Å². The molecule has 0 fully saturated rings. The summed E-state index contributed by atoms with van der Waals surface area (Å²) in [6.45, 7) is 3.87. The number of benzene rings is 1. The second kappa shape index (κ2) is 15.6. The van der Waals surface area contributed by atoms with Gasteiger partial charge in [0.2, 0.25) is 0 Å². The van der Waals surface area contributed by atoms with Gasteiger partial charge in [0.15, 0.2) is 0 Å². The zero-order valence-corrected chi connectivity index (χ0v) is 17.7. The van der Waals surface area contributed by atoms with Gasteiger partial charge < -0.3 is 0 Å². The summed E-state index contributed by atoms with van der Waals surface area (Å²) in [5.74, 6) is 0.223. The molecule has 2 heteroatoms. The van der Waals surface area contributed by atoms with Gasteiger partial charge in [-0.3, -0.25) is 9.59 Å². The van der Waals surface area contributed by atoms with Crippen molar-refractivity contribution in [3.05, 3.63) is 35.9 Å². The van der Waals surface area contributed by atoms with Crippen molar-refractivity contribution in [3.8, 4) is 0 Å². The molecule has 0 saturated heterocycles. The molecule has 0 radical (unpaired) electrons.